The van der Waals surface area contributed by atoms with Gasteiger partial charge in [0.1, 0.15) is 6.10 Å². The van der Waals surface area contributed by atoms with Crippen LogP contribution in [0.4, 0.5) is 0 Å². The van der Waals surface area contributed by atoms with E-state index < -0.39 is 23.6 Å². The van der Waals surface area contributed by atoms with Gasteiger partial charge >= 0.3 is 11.9 Å². The Labute approximate surface area is 76.3 Å². The SMILES string of the molecule is CCC(OC(C)=O)(C(=O)O)C(C)O. The number of carboxylic acids is 1. The fourth-order valence-corrected chi connectivity index (χ4v) is 1.08. The molecule has 0 aromatic heterocycles. The molecule has 2 unspecified atom stereocenters. The van der Waals surface area contributed by atoms with Crippen molar-refractivity contribution in [2.24, 2.45) is 0 Å². The molecule has 0 saturated carbocycles. The van der Waals surface area contributed by atoms with Crippen molar-refractivity contribution >= 4 is 11.9 Å². The first-order chi connectivity index (χ1) is 5.86. The topological polar surface area (TPSA) is 83.8 Å². The Morgan fingerprint density at radius 3 is 2.08 bits per heavy atom. The number of carbonyl (C=O) groups excluding carboxylic acids is 1. The zero-order valence-electron chi connectivity index (χ0n) is 7.90. The predicted molar refractivity (Wildman–Crippen MR) is 44.1 cm³/mol. The Bertz CT molecular complexity index is 211. The number of hydrogen-bond acceptors (Lipinski definition) is 4. The van der Waals surface area contributed by atoms with Crippen molar-refractivity contribution in [1.82, 2.24) is 0 Å². The largest absolute Gasteiger partial charge is 0.478 e. The molecule has 2 atom stereocenters. The second-order valence-corrected chi connectivity index (χ2v) is 2.82. The maximum atomic E-state index is 10.8. The van der Waals surface area contributed by atoms with Crippen molar-refractivity contribution in [2.75, 3.05) is 0 Å². The van der Waals surface area contributed by atoms with Crippen molar-refractivity contribution in [2.45, 2.75) is 38.9 Å². The molecular weight excluding hydrogens is 176 g/mol. The molecule has 0 heterocycles. The van der Waals surface area contributed by atoms with Gasteiger partial charge in [-0.05, 0) is 13.3 Å². The van der Waals surface area contributed by atoms with E-state index in [1.54, 1.807) is 0 Å². The van der Waals surface area contributed by atoms with E-state index in [0.29, 0.717) is 0 Å². The summed E-state index contributed by atoms with van der Waals surface area (Å²) in [4.78, 5) is 21.4. The lowest BCUT2D eigenvalue weighted by atomic mass is 9.94. The second-order valence-electron chi connectivity index (χ2n) is 2.82. The van der Waals surface area contributed by atoms with Crippen LogP contribution < -0.4 is 0 Å². The van der Waals surface area contributed by atoms with Crippen LogP contribution in [0.15, 0.2) is 0 Å². The third-order valence-corrected chi connectivity index (χ3v) is 1.89. The van der Waals surface area contributed by atoms with Gasteiger partial charge in [-0.15, -0.1) is 0 Å². The molecule has 0 saturated heterocycles. The summed E-state index contributed by atoms with van der Waals surface area (Å²) in [5.41, 5.74) is -1.81. The summed E-state index contributed by atoms with van der Waals surface area (Å²) in [7, 11) is 0. The molecule has 5 nitrogen and oxygen atoms in total. The van der Waals surface area contributed by atoms with Crippen LogP contribution in [-0.4, -0.2) is 33.9 Å². The Balaban J connectivity index is 4.87. The molecule has 0 spiro atoms. The number of aliphatic carboxylic acids is 1. The molecule has 0 amide bonds. The molecule has 0 aromatic carbocycles. The molecule has 0 fully saturated rings. The molecule has 13 heavy (non-hydrogen) atoms. The van der Waals surface area contributed by atoms with Crippen LogP contribution >= 0.6 is 0 Å². The van der Waals surface area contributed by atoms with Crippen molar-refractivity contribution < 1.29 is 24.5 Å². The van der Waals surface area contributed by atoms with Crippen LogP contribution in [0.25, 0.3) is 0 Å². The van der Waals surface area contributed by atoms with Crippen LogP contribution in [-0.2, 0) is 14.3 Å². The maximum Gasteiger partial charge on any atom is 0.350 e. The van der Waals surface area contributed by atoms with Gasteiger partial charge in [0, 0.05) is 6.92 Å². The minimum Gasteiger partial charge on any atom is -0.478 e. The van der Waals surface area contributed by atoms with E-state index in [2.05, 4.69) is 4.74 Å². The highest BCUT2D eigenvalue weighted by Gasteiger charge is 2.45. The van der Waals surface area contributed by atoms with E-state index in [0.717, 1.165) is 6.92 Å². The van der Waals surface area contributed by atoms with Crippen LogP contribution in [0.2, 0.25) is 0 Å². The summed E-state index contributed by atoms with van der Waals surface area (Å²) in [5, 5.41) is 18.0. The van der Waals surface area contributed by atoms with Crippen molar-refractivity contribution in [3.8, 4) is 0 Å². The number of ether oxygens (including phenoxy) is 1. The Morgan fingerprint density at radius 2 is 2.00 bits per heavy atom. The lowest BCUT2D eigenvalue weighted by Gasteiger charge is -2.30. The predicted octanol–water partition coefficient (Wildman–Crippen LogP) is 0.164. The smallest absolute Gasteiger partial charge is 0.350 e. The van der Waals surface area contributed by atoms with E-state index in [4.69, 9.17) is 5.11 Å². The fraction of sp³-hybridized carbons (Fsp3) is 0.750. The van der Waals surface area contributed by atoms with E-state index in [9.17, 15) is 14.7 Å². The highest BCUT2D eigenvalue weighted by atomic mass is 16.6. The molecule has 2 N–H and O–H groups in total. The molecule has 5 heteroatoms. The number of aliphatic hydroxyl groups excluding tert-OH is 1. The number of carbonyl (C=O) groups is 2. The summed E-state index contributed by atoms with van der Waals surface area (Å²) in [6, 6.07) is 0. The van der Waals surface area contributed by atoms with Crippen LogP contribution in [0.5, 0.6) is 0 Å². The van der Waals surface area contributed by atoms with Crippen molar-refractivity contribution in [3.05, 3.63) is 0 Å². The van der Waals surface area contributed by atoms with Crippen LogP contribution in [0, 0.1) is 0 Å². The molecule has 0 bridgehead atoms. The number of hydrogen-bond donors (Lipinski definition) is 2. The number of rotatable bonds is 4. The van der Waals surface area contributed by atoms with E-state index >= 15 is 0 Å². The Kier molecular flexibility index (Phi) is 3.87. The number of carboxylic acid groups (broad SMARTS) is 1. The number of aliphatic hydroxyl groups is 1. The van der Waals surface area contributed by atoms with Gasteiger partial charge in [-0.3, -0.25) is 4.79 Å². The Morgan fingerprint density at radius 1 is 1.54 bits per heavy atom. The first-order valence-corrected chi connectivity index (χ1v) is 3.97. The van der Waals surface area contributed by atoms with E-state index in [1.165, 1.54) is 13.8 Å². The molecule has 76 valence electrons. The Hall–Kier alpha value is -1.10. The molecule has 0 aliphatic carbocycles. The highest BCUT2D eigenvalue weighted by Crippen LogP contribution is 2.21. The van der Waals surface area contributed by atoms with Crippen molar-refractivity contribution in [3.63, 3.8) is 0 Å². The molecule has 0 aliphatic rings. The van der Waals surface area contributed by atoms with E-state index in [-0.39, 0.29) is 6.42 Å². The van der Waals surface area contributed by atoms with E-state index in [1.807, 2.05) is 0 Å². The van der Waals surface area contributed by atoms with Crippen LogP contribution in [0.1, 0.15) is 27.2 Å². The fourth-order valence-electron chi connectivity index (χ4n) is 1.08. The summed E-state index contributed by atoms with van der Waals surface area (Å²) >= 11 is 0. The minimum absolute atomic E-state index is 0.0274. The van der Waals surface area contributed by atoms with Gasteiger partial charge in [0.15, 0.2) is 0 Å². The maximum absolute atomic E-state index is 10.8. The lowest BCUT2D eigenvalue weighted by molar-refractivity contribution is -0.190. The van der Waals surface area contributed by atoms with Crippen molar-refractivity contribution in [1.29, 1.82) is 0 Å². The molecule has 0 aromatic rings. The first-order valence-electron chi connectivity index (χ1n) is 3.97. The summed E-state index contributed by atoms with van der Waals surface area (Å²) < 4.78 is 4.62. The summed E-state index contributed by atoms with van der Waals surface area (Å²) in [5.74, 6) is -2.05. The molecule has 0 rings (SSSR count). The molecule has 0 radical (unpaired) electrons. The summed E-state index contributed by atoms with van der Waals surface area (Å²) in [6.45, 7) is 3.92. The minimum atomic E-state index is -1.81. The summed E-state index contributed by atoms with van der Waals surface area (Å²) in [6.07, 6.45) is -1.21. The lowest BCUT2D eigenvalue weighted by Crippen LogP contribution is -2.51. The number of esters is 1. The van der Waals surface area contributed by atoms with Gasteiger partial charge in [0.2, 0.25) is 5.60 Å². The normalized spacial score (nSPS) is 17.2. The van der Waals surface area contributed by atoms with Crippen LogP contribution in [0.3, 0.4) is 0 Å². The average molecular weight is 190 g/mol. The highest BCUT2D eigenvalue weighted by molar-refractivity contribution is 5.82. The zero-order chi connectivity index (χ0) is 10.6. The quantitative estimate of drug-likeness (QED) is 0.617. The molecular formula is C8H14O5. The monoisotopic (exact) mass is 190 g/mol. The third-order valence-electron chi connectivity index (χ3n) is 1.89. The molecule has 0 aliphatic heterocycles. The van der Waals surface area contributed by atoms with Gasteiger partial charge in [-0.2, -0.15) is 0 Å². The first kappa shape index (κ1) is 11.9. The van der Waals surface area contributed by atoms with Gasteiger partial charge in [-0.1, -0.05) is 6.92 Å². The average Bonchev–Trinajstić information content (AvgIpc) is 1.98. The van der Waals surface area contributed by atoms with Gasteiger partial charge in [0.05, 0.1) is 0 Å². The van der Waals surface area contributed by atoms with Gasteiger partial charge in [-0.25, -0.2) is 4.79 Å². The second kappa shape index (κ2) is 4.23. The van der Waals surface area contributed by atoms with Gasteiger partial charge in [0.25, 0.3) is 0 Å². The zero-order valence-corrected chi connectivity index (χ0v) is 7.90. The standard InChI is InChI=1S/C8H14O5/c1-4-8(5(2)9,7(11)12)13-6(3)10/h5,9H,4H2,1-3H3,(H,11,12). The van der Waals surface area contributed by atoms with Gasteiger partial charge < -0.3 is 14.9 Å². The third kappa shape index (κ3) is 2.42.